The van der Waals surface area contributed by atoms with Crippen molar-refractivity contribution in [1.82, 2.24) is 9.88 Å². The summed E-state index contributed by atoms with van der Waals surface area (Å²) in [4.78, 5) is 21.1. The molecule has 8 nitrogen and oxygen atoms in total. The molecule has 0 bridgehead atoms. The normalized spacial score (nSPS) is 18.9. The van der Waals surface area contributed by atoms with Crippen molar-refractivity contribution in [3.63, 3.8) is 0 Å². The highest BCUT2D eigenvalue weighted by Crippen LogP contribution is 2.51. The molecule has 2 fully saturated rings. The number of carbonyl (C=O) groups excluding carboxylic acids is 1. The quantitative estimate of drug-likeness (QED) is 0.423. The Balaban J connectivity index is 1.17. The number of rotatable bonds is 9. The average molecular weight is 542 g/mol. The summed E-state index contributed by atoms with van der Waals surface area (Å²) in [7, 11) is 0. The number of anilines is 1. The van der Waals surface area contributed by atoms with Gasteiger partial charge in [0, 0.05) is 36.4 Å². The summed E-state index contributed by atoms with van der Waals surface area (Å²) in [6, 6.07) is 13.4. The molecule has 1 saturated heterocycles. The van der Waals surface area contributed by atoms with Gasteiger partial charge in [0.25, 0.3) is 0 Å². The standard InChI is InChI=1S/C27H28ClN3O5S/c28-20-4-2-1-3-19(20)24(34-14-11-31-9-12-33-13-10-31)23-16-29-26(37-23)30-25(32)27(7-8-27)18-5-6-21-22(15-18)36-17-35-21/h1-6,15-16,24H,7-14,17H2,(H,29,30,32). The lowest BCUT2D eigenvalue weighted by molar-refractivity contribution is -0.118. The van der Waals surface area contributed by atoms with E-state index in [2.05, 4.69) is 15.2 Å². The molecule has 1 aromatic heterocycles. The summed E-state index contributed by atoms with van der Waals surface area (Å²) in [6.07, 6.45) is 2.96. The van der Waals surface area contributed by atoms with Crippen LogP contribution < -0.4 is 14.8 Å². The minimum atomic E-state index is -0.566. The van der Waals surface area contributed by atoms with Gasteiger partial charge in [-0.1, -0.05) is 47.2 Å². The van der Waals surface area contributed by atoms with Crippen molar-refractivity contribution < 1.29 is 23.7 Å². The molecule has 3 heterocycles. The maximum absolute atomic E-state index is 13.4. The molecule has 1 N–H and O–H groups in total. The minimum Gasteiger partial charge on any atom is -0.454 e. The second-order valence-electron chi connectivity index (χ2n) is 9.40. The van der Waals surface area contributed by atoms with Gasteiger partial charge in [0.05, 0.1) is 30.1 Å². The van der Waals surface area contributed by atoms with E-state index in [4.69, 9.17) is 30.5 Å². The number of halogens is 1. The number of morpholine rings is 1. The number of carbonyl (C=O) groups is 1. The third kappa shape index (κ3) is 5.19. The van der Waals surface area contributed by atoms with Crippen molar-refractivity contribution in [2.45, 2.75) is 24.4 Å². The molecule has 1 atom stereocenters. The van der Waals surface area contributed by atoms with Crippen LogP contribution in [-0.2, 0) is 19.7 Å². The fourth-order valence-electron chi connectivity index (χ4n) is 4.79. The van der Waals surface area contributed by atoms with Crippen LogP contribution in [0.15, 0.2) is 48.7 Å². The molecule has 3 aromatic rings. The number of fused-ring (bicyclic) bond motifs is 1. The lowest BCUT2D eigenvalue weighted by Crippen LogP contribution is -2.38. The lowest BCUT2D eigenvalue weighted by Gasteiger charge is -2.27. The van der Waals surface area contributed by atoms with Crippen LogP contribution in [0.25, 0.3) is 0 Å². The molecule has 194 valence electrons. The average Bonchev–Trinajstić information content (AvgIpc) is 3.38. The van der Waals surface area contributed by atoms with Crippen molar-refractivity contribution in [2.24, 2.45) is 0 Å². The summed E-state index contributed by atoms with van der Waals surface area (Å²) in [5.41, 5.74) is 1.25. The van der Waals surface area contributed by atoms with Gasteiger partial charge in [0.1, 0.15) is 6.10 Å². The third-order valence-corrected chi connectivity index (χ3v) is 8.40. The van der Waals surface area contributed by atoms with Gasteiger partial charge in [-0.15, -0.1) is 0 Å². The predicted octanol–water partition coefficient (Wildman–Crippen LogP) is 4.63. The number of hydrogen-bond acceptors (Lipinski definition) is 8. The van der Waals surface area contributed by atoms with Crippen molar-refractivity contribution >= 4 is 34.0 Å². The molecule has 6 rings (SSSR count). The lowest BCUT2D eigenvalue weighted by atomic mass is 9.94. The first-order valence-corrected chi connectivity index (χ1v) is 13.7. The number of thiazole rings is 1. The highest BCUT2D eigenvalue weighted by molar-refractivity contribution is 7.15. The van der Waals surface area contributed by atoms with Gasteiger partial charge in [-0.05, 0) is 36.6 Å². The second-order valence-corrected chi connectivity index (χ2v) is 10.9. The van der Waals surface area contributed by atoms with Gasteiger partial charge in [0.2, 0.25) is 12.7 Å². The van der Waals surface area contributed by atoms with E-state index in [1.54, 1.807) is 6.20 Å². The van der Waals surface area contributed by atoms with Crippen LogP contribution in [0.1, 0.15) is 34.9 Å². The SMILES string of the molecule is O=C(Nc1ncc(C(OCCN2CCOCC2)c2ccccc2Cl)s1)C1(c2ccc3c(c2)OCO3)CC1. The summed E-state index contributed by atoms with van der Waals surface area (Å²) in [5, 5.41) is 4.22. The van der Waals surface area contributed by atoms with Gasteiger partial charge >= 0.3 is 0 Å². The Morgan fingerprint density at radius 1 is 1.16 bits per heavy atom. The molecule has 10 heteroatoms. The summed E-state index contributed by atoms with van der Waals surface area (Å²) < 4.78 is 22.7. The number of aromatic nitrogens is 1. The van der Waals surface area contributed by atoms with Gasteiger partial charge in [-0.3, -0.25) is 9.69 Å². The molecule has 0 radical (unpaired) electrons. The van der Waals surface area contributed by atoms with Crippen molar-refractivity contribution in [3.8, 4) is 11.5 Å². The van der Waals surface area contributed by atoms with E-state index in [0.717, 1.165) is 61.7 Å². The van der Waals surface area contributed by atoms with Crippen LogP contribution in [-0.4, -0.2) is 62.0 Å². The number of amides is 1. The van der Waals surface area contributed by atoms with E-state index >= 15 is 0 Å². The first kappa shape index (κ1) is 24.6. The number of benzene rings is 2. The molecule has 2 aliphatic heterocycles. The maximum atomic E-state index is 13.4. The van der Waals surface area contributed by atoms with Crippen LogP contribution in [0.3, 0.4) is 0 Å². The van der Waals surface area contributed by atoms with E-state index in [1.807, 2.05) is 42.5 Å². The summed E-state index contributed by atoms with van der Waals surface area (Å²) in [5.74, 6) is 1.34. The third-order valence-electron chi connectivity index (χ3n) is 7.10. The van der Waals surface area contributed by atoms with Crippen molar-refractivity contribution in [2.75, 3.05) is 51.6 Å². The van der Waals surface area contributed by atoms with Gasteiger partial charge in [-0.25, -0.2) is 4.98 Å². The van der Waals surface area contributed by atoms with E-state index in [-0.39, 0.29) is 18.8 Å². The van der Waals surface area contributed by atoms with E-state index < -0.39 is 5.41 Å². The molecule has 3 aliphatic rings. The Morgan fingerprint density at radius 3 is 2.78 bits per heavy atom. The second kappa shape index (κ2) is 10.6. The van der Waals surface area contributed by atoms with Crippen molar-refractivity contribution in [1.29, 1.82) is 0 Å². The first-order valence-electron chi connectivity index (χ1n) is 12.5. The molecule has 2 aromatic carbocycles. The molecule has 0 spiro atoms. The zero-order valence-corrected chi connectivity index (χ0v) is 21.9. The number of hydrogen-bond donors (Lipinski definition) is 1. The summed E-state index contributed by atoms with van der Waals surface area (Å²) in [6.45, 7) is 4.87. The zero-order valence-electron chi connectivity index (χ0n) is 20.3. The number of ether oxygens (including phenoxy) is 4. The number of nitrogens with one attached hydrogen (secondary N) is 1. The molecule has 1 amide bonds. The van der Waals surface area contributed by atoms with Gasteiger partial charge in [-0.2, -0.15) is 0 Å². The van der Waals surface area contributed by atoms with E-state index in [0.29, 0.717) is 28.3 Å². The van der Waals surface area contributed by atoms with Crippen LogP contribution in [0.4, 0.5) is 5.13 Å². The van der Waals surface area contributed by atoms with Crippen molar-refractivity contribution in [3.05, 3.63) is 69.7 Å². The molecule has 37 heavy (non-hydrogen) atoms. The van der Waals surface area contributed by atoms with Gasteiger partial charge < -0.3 is 24.3 Å². The van der Waals surface area contributed by atoms with Crippen LogP contribution in [0, 0.1) is 0 Å². The Hall–Kier alpha value is -2.69. The molecule has 1 saturated carbocycles. The fraction of sp³-hybridized carbons (Fsp3) is 0.407. The highest BCUT2D eigenvalue weighted by atomic mass is 35.5. The Kier molecular flexibility index (Phi) is 7.05. The molecule has 1 unspecified atom stereocenters. The molecular weight excluding hydrogens is 514 g/mol. The first-order chi connectivity index (χ1) is 18.1. The highest BCUT2D eigenvalue weighted by Gasteiger charge is 2.52. The number of nitrogens with zero attached hydrogens (tertiary/aromatic N) is 2. The molecule has 1 aliphatic carbocycles. The fourth-order valence-corrected chi connectivity index (χ4v) is 5.90. The van der Waals surface area contributed by atoms with Crippen LogP contribution in [0.2, 0.25) is 5.02 Å². The van der Waals surface area contributed by atoms with E-state index in [9.17, 15) is 4.79 Å². The Labute approximate surface area is 224 Å². The van der Waals surface area contributed by atoms with Crippen LogP contribution in [0.5, 0.6) is 11.5 Å². The largest absolute Gasteiger partial charge is 0.454 e. The van der Waals surface area contributed by atoms with Crippen LogP contribution >= 0.6 is 22.9 Å². The monoisotopic (exact) mass is 541 g/mol. The van der Waals surface area contributed by atoms with Gasteiger partial charge in [0.15, 0.2) is 16.6 Å². The smallest absolute Gasteiger partial charge is 0.236 e. The Morgan fingerprint density at radius 2 is 1.97 bits per heavy atom. The maximum Gasteiger partial charge on any atom is 0.236 e. The Bertz CT molecular complexity index is 1270. The van der Waals surface area contributed by atoms with E-state index in [1.165, 1.54) is 11.3 Å². The summed E-state index contributed by atoms with van der Waals surface area (Å²) >= 11 is 7.97. The molecular formula is C27H28ClN3O5S. The topological polar surface area (TPSA) is 82.2 Å². The minimum absolute atomic E-state index is 0.0604. The zero-order chi connectivity index (χ0) is 25.2. The predicted molar refractivity (Wildman–Crippen MR) is 141 cm³/mol.